The molecule has 80 valence electrons. The van der Waals surface area contributed by atoms with Crippen molar-refractivity contribution >= 4 is 0 Å². The molecule has 1 saturated carbocycles. The third-order valence-electron chi connectivity index (χ3n) is 2.43. The number of hydrogen-bond acceptors (Lipinski definition) is 1. The summed E-state index contributed by atoms with van der Waals surface area (Å²) in [6, 6.07) is 0. The van der Waals surface area contributed by atoms with Crippen LogP contribution in [0.25, 0.3) is 0 Å². The van der Waals surface area contributed by atoms with Gasteiger partial charge in [-0.05, 0) is 12.8 Å². The van der Waals surface area contributed by atoms with Gasteiger partial charge in [-0.25, -0.2) is 0 Å². The molecule has 1 rings (SSSR count). The number of methoxy groups -OCH3 is 1. The first-order valence-electron chi connectivity index (χ1n) is 4.15. The highest BCUT2D eigenvalue weighted by atomic mass is 19.4. The van der Waals surface area contributed by atoms with Crippen LogP contribution in [-0.4, -0.2) is 19.4 Å². The fourth-order valence-electron chi connectivity index (χ4n) is 1.75. The number of alkyl halides is 3. The fraction of sp³-hybridized carbons (Fsp3) is 1.00. The summed E-state index contributed by atoms with van der Waals surface area (Å²) in [5.41, 5.74) is 0. The van der Waals surface area contributed by atoms with Gasteiger partial charge in [0.2, 0.25) is 0 Å². The molecule has 0 N–H and O–H groups in total. The van der Waals surface area contributed by atoms with Gasteiger partial charge in [-0.1, -0.05) is 12.8 Å². The quantitative estimate of drug-likeness (QED) is 0.594. The summed E-state index contributed by atoms with van der Waals surface area (Å²) in [5.74, 6) is -1.24. The van der Waals surface area contributed by atoms with E-state index in [1.54, 1.807) is 0 Å². The molecule has 1 aliphatic rings. The summed E-state index contributed by atoms with van der Waals surface area (Å²) in [4.78, 5) is 0. The fourth-order valence-corrected chi connectivity index (χ4v) is 1.75. The normalized spacial score (nSPS) is 29.5. The third-order valence-corrected chi connectivity index (χ3v) is 2.43. The summed E-state index contributed by atoms with van der Waals surface area (Å²) >= 11 is 0. The first-order valence-corrected chi connectivity index (χ1v) is 4.15. The van der Waals surface area contributed by atoms with Crippen LogP contribution in [0.5, 0.6) is 0 Å². The summed E-state index contributed by atoms with van der Waals surface area (Å²) in [6.45, 7) is 0. The van der Waals surface area contributed by atoms with E-state index >= 15 is 0 Å². The zero-order valence-corrected chi connectivity index (χ0v) is 7.43. The van der Waals surface area contributed by atoms with E-state index in [0.29, 0.717) is 12.8 Å². The summed E-state index contributed by atoms with van der Waals surface area (Å²) in [6.07, 6.45) is -2.41. The zero-order valence-electron chi connectivity index (χ0n) is 7.43. The predicted molar refractivity (Wildman–Crippen MR) is 41.3 cm³/mol. The average molecular weight is 202 g/mol. The minimum absolute atomic E-state index is 0. The maximum Gasteiger partial charge on any atom is 0.394 e. The molecule has 0 aromatic carbocycles. The van der Waals surface area contributed by atoms with Gasteiger partial charge in [0.15, 0.2) is 0 Å². The summed E-state index contributed by atoms with van der Waals surface area (Å²) in [5, 5.41) is 0. The van der Waals surface area contributed by atoms with Gasteiger partial charge in [-0.2, -0.15) is 13.2 Å². The molecule has 0 saturated heterocycles. The minimum atomic E-state index is -4.08. The Bertz CT molecular complexity index is 146. The largest absolute Gasteiger partial charge is 0.394 e. The van der Waals surface area contributed by atoms with Crippen LogP contribution in [-0.2, 0) is 4.74 Å². The number of hydrogen-bond donors (Lipinski definition) is 0. The van der Waals surface area contributed by atoms with Crippen molar-refractivity contribution in [2.45, 2.75) is 38.0 Å². The van der Waals surface area contributed by atoms with Crippen molar-refractivity contribution in [2.75, 3.05) is 7.11 Å². The van der Waals surface area contributed by atoms with Gasteiger partial charge in [0.05, 0.1) is 12.0 Å². The molecule has 1 fully saturated rings. The molecule has 1 aliphatic carbocycles. The van der Waals surface area contributed by atoms with E-state index < -0.39 is 18.2 Å². The lowest BCUT2D eigenvalue weighted by Gasteiger charge is -2.31. The highest BCUT2D eigenvalue weighted by molar-refractivity contribution is 4.80. The molecule has 2 unspecified atom stereocenters. The van der Waals surface area contributed by atoms with Crippen LogP contribution < -0.4 is 0 Å². The number of ether oxygens (including phenoxy) is 1. The van der Waals surface area contributed by atoms with Crippen LogP contribution in [0.2, 0.25) is 0 Å². The molecule has 5 heteroatoms. The first-order chi connectivity index (χ1) is 5.55. The van der Waals surface area contributed by atoms with Crippen LogP contribution in [0.4, 0.5) is 17.9 Å². The van der Waals surface area contributed by atoms with E-state index in [-0.39, 0.29) is 11.1 Å². The highest BCUT2D eigenvalue weighted by Crippen LogP contribution is 2.38. The maximum atomic E-state index is 12.3. The molecule has 1 nitrogen and oxygen atoms in total. The van der Waals surface area contributed by atoms with Crippen LogP contribution in [0.1, 0.15) is 25.7 Å². The Morgan fingerprint density at radius 2 is 1.69 bits per heavy atom. The minimum Gasteiger partial charge on any atom is -0.381 e. The monoisotopic (exact) mass is 202 g/mol. The van der Waals surface area contributed by atoms with E-state index in [2.05, 4.69) is 0 Å². The Kier molecular flexibility index (Phi) is 4.67. The van der Waals surface area contributed by atoms with E-state index in [1.807, 2.05) is 0 Å². The predicted octanol–water partition coefficient (Wildman–Crippen LogP) is 2.91. The lowest BCUT2D eigenvalue weighted by Crippen LogP contribution is -2.37. The molecular weight excluding hydrogens is 188 g/mol. The zero-order chi connectivity index (χ0) is 9.19. The van der Waals surface area contributed by atoms with Gasteiger partial charge in [0.25, 0.3) is 0 Å². The van der Waals surface area contributed by atoms with Crippen molar-refractivity contribution in [2.24, 2.45) is 5.92 Å². The van der Waals surface area contributed by atoms with Gasteiger partial charge in [0.1, 0.15) is 0 Å². The second kappa shape index (κ2) is 4.79. The van der Waals surface area contributed by atoms with Gasteiger partial charge in [0, 0.05) is 7.11 Å². The molecule has 0 aliphatic heterocycles. The SMILES string of the molecule is COC1CCCCC1C(F)(F)F.F. The Balaban J connectivity index is 0.00000144. The molecule has 0 bridgehead atoms. The van der Waals surface area contributed by atoms with Crippen LogP contribution >= 0.6 is 0 Å². The van der Waals surface area contributed by atoms with Crippen molar-refractivity contribution in [1.82, 2.24) is 0 Å². The molecule has 0 spiro atoms. The Hall–Kier alpha value is -0.320. The second-order valence-electron chi connectivity index (χ2n) is 3.21. The topological polar surface area (TPSA) is 9.23 Å². The summed E-state index contributed by atoms with van der Waals surface area (Å²) < 4.78 is 41.7. The molecule has 0 aromatic rings. The van der Waals surface area contributed by atoms with E-state index in [9.17, 15) is 13.2 Å². The first kappa shape index (κ1) is 12.7. The van der Waals surface area contributed by atoms with E-state index in [0.717, 1.165) is 6.42 Å². The van der Waals surface area contributed by atoms with Crippen molar-refractivity contribution in [1.29, 1.82) is 0 Å². The maximum absolute atomic E-state index is 12.3. The number of halogens is 4. The van der Waals surface area contributed by atoms with E-state index in [4.69, 9.17) is 4.74 Å². The van der Waals surface area contributed by atoms with Gasteiger partial charge >= 0.3 is 6.18 Å². The van der Waals surface area contributed by atoms with Crippen molar-refractivity contribution < 1.29 is 22.6 Å². The Labute approximate surface area is 74.6 Å². The second-order valence-corrected chi connectivity index (χ2v) is 3.21. The van der Waals surface area contributed by atoms with Crippen LogP contribution in [0, 0.1) is 5.92 Å². The van der Waals surface area contributed by atoms with Gasteiger partial charge in [-0.15, -0.1) is 0 Å². The highest BCUT2D eigenvalue weighted by Gasteiger charge is 2.45. The lowest BCUT2D eigenvalue weighted by atomic mass is 9.86. The molecule has 0 amide bonds. The Morgan fingerprint density at radius 1 is 1.15 bits per heavy atom. The van der Waals surface area contributed by atoms with Gasteiger partial charge in [-0.3, -0.25) is 4.70 Å². The molecule has 0 aromatic heterocycles. The standard InChI is InChI=1S/C8H13F3O.FH/c1-12-7-5-3-2-4-6(7)8(9,10)11;/h6-7H,2-5H2,1H3;1H. The summed E-state index contributed by atoms with van der Waals surface area (Å²) in [7, 11) is 1.36. The smallest absolute Gasteiger partial charge is 0.381 e. The van der Waals surface area contributed by atoms with Crippen molar-refractivity contribution in [3.8, 4) is 0 Å². The average Bonchev–Trinajstić information content (AvgIpc) is 2.03. The molecule has 13 heavy (non-hydrogen) atoms. The molecule has 0 radical (unpaired) electrons. The molecule has 0 heterocycles. The van der Waals surface area contributed by atoms with Crippen LogP contribution in [0.3, 0.4) is 0 Å². The molecular formula is C8H14F4O. The van der Waals surface area contributed by atoms with Crippen molar-refractivity contribution in [3.05, 3.63) is 0 Å². The van der Waals surface area contributed by atoms with Crippen LogP contribution in [0.15, 0.2) is 0 Å². The Morgan fingerprint density at radius 3 is 2.08 bits per heavy atom. The van der Waals surface area contributed by atoms with Gasteiger partial charge < -0.3 is 4.74 Å². The van der Waals surface area contributed by atoms with E-state index in [1.165, 1.54) is 7.11 Å². The lowest BCUT2D eigenvalue weighted by molar-refractivity contribution is -0.212. The molecule has 2 atom stereocenters. The van der Waals surface area contributed by atoms with Crippen molar-refractivity contribution in [3.63, 3.8) is 0 Å². The third kappa shape index (κ3) is 3.14. The number of rotatable bonds is 1.